The van der Waals surface area contributed by atoms with Gasteiger partial charge in [-0.2, -0.15) is 0 Å². The van der Waals surface area contributed by atoms with E-state index >= 15 is 0 Å². The topological polar surface area (TPSA) is 175 Å². The molecule has 16 heteroatoms. The maximum Gasteiger partial charge on any atom is 0.293 e. The molecule has 0 spiro atoms. The number of nitro benzene ring substituents is 1. The summed E-state index contributed by atoms with van der Waals surface area (Å²) in [5, 5.41) is 20.8. The summed E-state index contributed by atoms with van der Waals surface area (Å²) in [5.74, 6) is -0.395. The number of aromatic amines is 1. The van der Waals surface area contributed by atoms with E-state index in [0.717, 1.165) is 81.1 Å². The van der Waals surface area contributed by atoms with Crippen molar-refractivity contribution in [1.29, 1.82) is 0 Å². The van der Waals surface area contributed by atoms with Gasteiger partial charge in [0.1, 0.15) is 17.1 Å². The molecular formula is C48H55ClN8O6S. The molecule has 1 saturated heterocycles. The summed E-state index contributed by atoms with van der Waals surface area (Å²) in [6.07, 6.45) is 12.5. The lowest BCUT2D eigenvalue weighted by Crippen LogP contribution is -2.47. The van der Waals surface area contributed by atoms with Crippen LogP contribution in [0.3, 0.4) is 0 Å². The second-order valence-corrected chi connectivity index (χ2v) is 20.7. The summed E-state index contributed by atoms with van der Waals surface area (Å²) >= 11 is 6.26. The zero-order valence-electron chi connectivity index (χ0n) is 36.2. The van der Waals surface area contributed by atoms with E-state index in [1.807, 2.05) is 24.3 Å². The first kappa shape index (κ1) is 43.8. The Labute approximate surface area is 379 Å². The van der Waals surface area contributed by atoms with Gasteiger partial charge < -0.3 is 25.3 Å². The average Bonchev–Trinajstić information content (AvgIpc) is 3.97. The number of pyridine rings is 1. The highest BCUT2D eigenvalue weighted by Gasteiger charge is 2.33. The van der Waals surface area contributed by atoms with E-state index in [4.69, 9.17) is 16.3 Å². The highest BCUT2D eigenvalue weighted by molar-refractivity contribution is 7.90. The Morgan fingerprint density at radius 3 is 2.39 bits per heavy atom. The summed E-state index contributed by atoms with van der Waals surface area (Å²) < 4.78 is 36.5. The molecule has 1 amide bonds. The quantitative estimate of drug-likeness (QED) is 0.0618. The number of carbonyl (C=O) groups is 1. The zero-order valence-corrected chi connectivity index (χ0v) is 37.8. The zero-order chi connectivity index (χ0) is 44.6. The largest absolute Gasteiger partial charge is 0.453 e. The lowest BCUT2D eigenvalue weighted by atomic mass is 9.72. The van der Waals surface area contributed by atoms with Crippen molar-refractivity contribution in [2.75, 3.05) is 42.9 Å². The first-order valence-electron chi connectivity index (χ1n) is 22.3. The third-order valence-corrected chi connectivity index (χ3v) is 14.8. The van der Waals surface area contributed by atoms with Gasteiger partial charge in [0.15, 0.2) is 5.75 Å². The minimum Gasteiger partial charge on any atom is -0.453 e. The summed E-state index contributed by atoms with van der Waals surface area (Å²) in [4.78, 5) is 37.7. The highest BCUT2D eigenvalue weighted by Crippen LogP contribution is 2.44. The third kappa shape index (κ3) is 10.1. The van der Waals surface area contributed by atoms with Crippen LogP contribution in [0.25, 0.3) is 16.6 Å². The molecule has 3 aromatic carbocycles. The van der Waals surface area contributed by atoms with Crippen molar-refractivity contribution >= 4 is 61.2 Å². The van der Waals surface area contributed by atoms with Gasteiger partial charge in [0.25, 0.3) is 21.6 Å². The summed E-state index contributed by atoms with van der Waals surface area (Å²) in [6, 6.07) is 21.7. The lowest BCUT2D eigenvalue weighted by Gasteiger charge is -2.39. The highest BCUT2D eigenvalue weighted by atomic mass is 35.5. The summed E-state index contributed by atoms with van der Waals surface area (Å²) in [6.45, 7) is 8.28. The van der Waals surface area contributed by atoms with E-state index in [1.165, 1.54) is 47.8 Å². The lowest BCUT2D eigenvalue weighted by molar-refractivity contribution is -0.384. The Bertz CT molecular complexity index is 2680. The van der Waals surface area contributed by atoms with Crippen molar-refractivity contribution in [3.8, 4) is 11.5 Å². The molecule has 5 aromatic rings. The Kier molecular flexibility index (Phi) is 12.4. The number of anilines is 2. The molecule has 3 heterocycles. The number of amides is 1. The molecule has 9 rings (SSSR count). The SMILES string of the molecule is CC1(C)CCC(CN2CCN(c3cccc(C(=O)NS(=O)(=O)c4ccc(NC5CCC(NC6CC6)CC5)c([N+](=O)[O-])c4)c3Oc3cnc4[nH]ccc4c3)CC2)=C(c2ccc(Cl)cc2)C1. The van der Waals surface area contributed by atoms with Gasteiger partial charge in [-0.25, -0.2) is 18.1 Å². The fourth-order valence-corrected chi connectivity index (χ4v) is 10.5. The van der Waals surface area contributed by atoms with Gasteiger partial charge in [0.05, 0.1) is 27.3 Å². The number of allylic oxidation sites excluding steroid dienone is 1. The Hall–Kier alpha value is -5.48. The van der Waals surface area contributed by atoms with Crippen LogP contribution in [0.4, 0.5) is 17.1 Å². The molecule has 4 aliphatic rings. The van der Waals surface area contributed by atoms with E-state index in [9.17, 15) is 23.3 Å². The maximum atomic E-state index is 14.2. The molecule has 3 aliphatic carbocycles. The molecule has 0 radical (unpaired) electrons. The van der Waals surface area contributed by atoms with Gasteiger partial charge in [0.2, 0.25) is 0 Å². The van der Waals surface area contributed by atoms with Gasteiger partial charge >= 0.3 is 0 Å². The van der Waals surface area contributed by atoms with Crippen molar-refractivity contribution in [1.82, 2.24) is 24.9 Å². The number of halogens is 1. The first-order chi connectivity index (χ1) is 30.8. The fourth-order valence-electron chi connectivity index (χ4n) is 9.43. The number of ether oxygens (including phenoxy) is 1. The molecule has 336 valence electrons. The Morgan fingerprint density at radius 1 is 0.953 bits per heavy atom. The number of nitrogens with zero attached hydrogens (tertiary/aromatic N) is 4. The van der Waals surface area contributed by atoms with Gasteiger partial charge in [0, 0.05) is 73.5 Å². The van der Waals surface area contributed by atoms with Gasteiger partial charge in [-0.1, -0.05) is 49.2 Å². The number of para-hydroxylation sites is 1. The van der Waals surface area contributed by atoms with E-state index in [-0.39, 0.29) is 34.1 Å². The van der Waals surface area contributed by atoms with E-state index in [2.05, 4.69) is 61.1 Å². The number of aromatic nitrogens is 2. The molecule has 2 aromatic heterocycles. The Balaban J connectivity index is 0.939. The molecule has 2 saturated carbocycles. The van der Waals surface area contributed by atoms with Crippen LogP contribution < -0.4 is 25.0 Å². The van der Waals surface area contributed by atoms with Crippen molar-refractivity contribution in [2.24, 2.45) is 5.41 Å². The number of benzene rings is 3. The van der Waals surface area contributed by atoms with Gasteiger partial charge in [-0.05, 0) is 123 Å². The molecular weight excluding hydrogens is 852 g/mol. The second kappa shape index (κ2) is 18.2. The monoisotopic (exact) mass is 906 g/mol. The van der Waals surface area contributed by atoms with Crippen LogP contribution in [-0.4, -0.2) is 85.0 Å². The van der Waals surface area contributed by atoms with Crippen LogP contribution in [0, 0.1) is 15.5 Å². The second-order valence-electron chi connectivity index (χ2n) is 18.5. The number of rotatable bonds is 14. The van der Waals surface area contributed by atoms with Crippen molar-refractivity contribution in [3.63, 3.8) is 0 Å². The molecule has 4 N–H and O–H groups in total. The third-order valence-electron chi connectivity index (χ3n) is 13.2. The predicted molar refractivity (Wildman–Crippen MR) is 251 cm³/mol. The molecule has 0 unspecified atom stereocenters. The van der Waals surface area contributed by atoms with Crippen LogP contribution in [0.5, 0.6) is 11.5 Å². The van der Waals surface area contributed by atoms with E-state index in [1.54, 1.807) is 24.5 Å². The van der Waals surface area contributed by atoms with Crippen LogP contribution in [0.15, 0.2) is 95.7 Å². The van der Waals surface area contributed by atoms with Gasteiger partial charge in [-0.15, -0.1) is 0 Å². The van der Waals surface area contributed by atoms with Crippen LogP contribution in [-0.2, 0) is 10.0 Å². The van der Waals surface area contributed by atoms with Crippen molar-refractivity contribution in [3.05, 3.63) is 117 Å². The number of sulfonamides is 1. The van der Waals surface area contributed by atoms with Crippen LogP contribution in [0.2, 0.25) is 5.02 Å². The van der Waals surface area contributed by atoms with Gasteiger partial charge in [-0.3, -0.25) is 19.8 Å². The number of nitrogens with one attached hydrogen (secondary N) is 4. The Morgan fingerprint density at radius 2 is 1.67 bits per heavy atom. The molecule has 1 aliphatic heterocycles. The van der Waals surface area contributed by atoms with Crippen molar-refractivity contribution in [2.45, 2.75) is 94.7 Å². The number of hydrogen-bond acceptors (Lipinski definition) is 11. The average molecular weight is 908 g/mol. The first-order valence-corrected chi connectivity index (χ1v) is 24.2. The number of carbonyl (C=O) groups excluding carboxylic acids is 1. The number of fused-ring (bicyclic) bond motifs is 1. The van der Waals surface area contributed by atoms with E-state index < -0.39 is 25.7 Å². The minimum atomic E-state index is -4.57. The molecule has 0 bridgehead atoms. The fraction of sp³-hybridized carbons (Fsp3) is 0.417. The smallest absolute Gasteiger partial charge is 0.293 e. The minimum absolute atomic E-state index is 0.0141. The molecule has 3 fully saturated rings. The molecule has 64 heavy (non-hydrogen) atoms. The normalized spacial score (nSPS) is 20.6. The molecule has 0 atom stereocenters. The predicted octanol–water partition coefficient (Wildman–Crippen LogP) is 9.30. The number of H-pyrrole nitrogens is 1. The van der Waals surface area contributed by atoms with Crippen molar-refractivity contribution < 1.29 is 22.9 Å². The molecule has 14 nitrogen and oxygen atoms in total. The summed E-state index contributed by atoms with van der Waals surface area (Å²) in [5.41, 5.74) is 5.41. The summed E-state index contributed by atoms with van der Waals surface area (Å²) in [7, 11) is -4.57. The van der Waals surface area contributed by atoms with Crippen LogP contribution >= 0.6 is 11.6 Å². The maximum absolute atomic E-state index is 14.2. The standard InChI is InChI=1S/C48H55ClN8O6S/c1-48(2)20-18-33(41(28-48)31-6-8-34(49)9-7-31)30-55-22-24-56(25-23-55)43-5-3-4-40(45(43)63-38-26-32-19-21-50-46(32)51-29-38)47(58)54-64(61,62)39-16-17-42(44(27-39)57(59)60)53-37-14-12-36(13-15-37)52-35-10-11-35/h3-9,16-17,19,21,26-27,29,35-37,52-53H,10-15,18,20,22-25,28,30H2,1-2H3,(H,50,51)(H,54,58). The number of piperazine rings is 1. The van der Waals surface area contributed by atoms with E-state index in [0.29, 0.717) is 42.3 Å². The number of hydrogen-bond donors (Lipinski definition) is 4. The number of nitro groups is 1. The van der Waals surface area contributed by atoms with Crippen LogP contribution in [0.1, 0.15) is 87.6 Å².